The Bertz CT molecular complexity index is 595. The van der Waals surface area contributed by atoms with Crippen molar-refractivity contribution in [1.29, 1.82) is 0 Å². The quantitative estimate of drug-likeness (QED) is 0.584. The summed E-state index contributed by atoms with van der Waals surface area (Å²) in [5.41, 5.74) is 2.44. The standard InChI is InChI=1S/C19H20Br2O2/c20-19(21)11-9-15(10-12-19)18(13-1-5-16(22)6-2-13)14-3-7-17(23)8-4-14/h1-8,15,18,22-23H,9-12H2. The lowest BCUT2D eigenvalue weighted by molar-refractivity contribution is 0.327. The maximum atomic E-state index is 9.58. The summed E-state index contributed by atoms with van der Waals surface area (Å²) in [6, 6.07) is 15.1. The minimum Gasteiger partial charge on any atom is -0.508 e. The Morgan fingerprint density at radius 2 is 1.17 bits per heavy atom. The first kappa shape index (κ1) is 16.8. The molecule has 2 N–H and O–H groups in total. The summed E-state index contributed by atoms with van der Waals surface area (Å²) in [6.45, 7) is 0. The second-order valence-corrected chi connectivity index (χ2v) is 10.5. The van der Waals surface area contributed by atoms with E-state index in [-0.39, 0.29) is 9.15 Å². The second-order valence-electron chi connectivity index (χ2n) is 6.35. The average Bonchev–Trinajstić information content (AvgIpc) is 2.53. The summed E-state index contributed by atoms with van der Waals surface area (Å²) < 4.78 is 0.0744. The van der Waals surface area contributed by atoms with Gasteiger partial charge in [-0.05, 0) is 67.0 Å². The van der Waals surface area contributed by atoms with Crippen LogP contribution in [-0.4, -0.2) is 13.4 Å². The van der Waals surface area contributed by atoms with Gasteiger partial charge in [0.2, 0.25) is 0 Å². The normalized spacial score (nSPS) is 18.2. The molecule has 4 heteroatoms. The first-order chi connectivity index (χ1) is 10.9. The van der Waals surface area contributed by atoms with Crippen LogP contribution in [0.4, 0.5) is 0 Å². The largest absolute Gasteiger partial charge is 0.508 e. The zero-order valence-corrected chi connectivity index (χ0v) is 15.9. The number of phenols is 2. The highest BCUT2D eigenvalue weighted by Crippen LogP contribution is 2.48. The van der Waals surface area contributed by atoms with Gasteiger partial charge in [-0.1, -0.05) is 56.1 Å². The topological polar surface area (TPSA) is 40.5 Å². The number of phenolic OH excluding ortho intramolecular Hbond substituents is 2. The number of benzene rings is 2. The van der Waals surface area contributed by atoms with Crippen molar-refractivity contribution >= 4 is 31.9 Å². The highest BCUT2D eigenvalue weighted by atomic mass is 79.9. The molecule has 0 heterocycles. The van der Waals surface area contributed by atoms with Gasteiger partial charge < -0.3 is 10.2 Å². The molecule has 0 aliphatic heterocycles. The number of halogens is 2. The van der Waals surface area contributed by atoms with E-state index in [0.29, 0.717) is 17.4 Å². The van der Waals surface area contributed by atoms with E-state index in [9.17, 15) is 10.2 Å². The van der Waals surface area contributed by atoms with Crippen LogP contribution < -0.4 is 0 Å². The van der Waals surface area contributed by atoms with Crippen molar-refractivity contribution in [2.75, 3.05) is 0 Å². The molecule has 1 aliphatic carbocycles. The molecule has 0 spiro atoms. The van der Waals surface area contributed by atoms with Crippen molar-refractivity contribution in [2.24, 2.45) is 5.92 Å². The van der Waals surface area contributed by atoms with Gasteiger partial charge in [0, 0.05) is 5.92 Å². The van der Waals surface area contributed by atoms with E-state index in [1.807, 2.05) is 24.3 Å². The van der Waals surface area contributed by atoms with Crippen molar-refractivity contribution in [1.82, 2.24) is 0 Å². The fraction of sp³-hybridized carbons (Fsp3) is 0.368. The lowest BCUT2D eigenvalue weighted by Crippen LogP contribution is -2.26. The molecule has 2 aromatic rings. The zero-order valence-electron chi connectivity index (χ0n) is 12.8. The Hall–Kier alpha value is -1.00. The third-order valence-electron chi connectivity index (χ3n) is 4.74. The van der Waals surface area contributed by atoms with Gasteiger partial charge in [-0.2, -0.15) is 0 Å². The molecule has 0 radical (unpaired) electrons. The number of hydrogen-bond acceptors (Lipinski definition) is 2. The molecule has 1 saturated carbocycles. The minimum absolute atomic E-state index is 0.0744. The van der Waals surface area contributed by atoms with Gasteiger partial charge in [0.05, 0.1) is 3.23 Å². The van der Waals surface area contributed by atoms with E-state index < -0.39 is 0 Å². The van der Waals surface area contributed by atoms with E-state index in [1.165, 1.54) is 11.1 Å². The van der Waals surface area contributed by atoms with Crippen LogP contribution in [0.3, 0.4) is 0 Å². The highest BCUT2D eigenvalue weighted by molar-refractivity contribution is 9.25. The minimum atomic E-state index is 0.0744. The van der Waals surface area contributed by atoms with Gasteiger partial charge in [0.15, 0.2) is 0 Å². The van der Waals surface area contributed by atoms with E-state index >= 15 is 0 Å². The summed E-state index contributed by atoms with van der Waals surface area (Å²) in [5, 5.41) is 19.2. The molecular formula is C19H20Br2O2. The van der Waals surface area contributed by atoms with Gasteiger partial charge >= 0.3 is 0 Å². The van der Waals surface area contributed by atoms with E-state index in [0.717, 1.165) is 25.7 Å². The number of aromatic hydroxyl groups is 2. The smallest absolute Gasteiger partial charge is 0.115 e. The van der Waals surface area contributed by atoms with Gasteiger partial charge in [0.25, 0.3) is 0 Å². The maximum Gasteiger partial charge on any atom is 0.115 e. The zero-order chi connectivity index (χ0) is 16.4. The van der Waals surface area contributed by atoms with Crippen LogP contribution in [0, 0.1) is 5.92 Å². The van der Waals surface area contributed by atoms with Crippen LogP contribution in [-0.2, 0) is 0 Å². The number of alkyl halides is 2. The van der Waals surface area contributed by atoms with Crippen LogP contribution in [0.25, 0.3) is 0 Å². The number of hydrogen-bond donors (Lipinski definition) is 2. The van der Waals surface area contributed by atoms with E-state index in [2.05, 4.69) is 31.9 Å². The predicted octanol–water partition coefficient (Wildman–Crippen LogP) is 5.91. The fourth-order valence-electron chi connectivity index (χ4n) is 3.50. The molecule has 23 heavy (non-hydrogen) atoms. The summed E-state index contributed by atoms with van der Waals surface area (Å²) in [7, 11) is 0. The molecule has 2 nitrogen and oxygen atoms in total. The molecular weight excluding hydrogens is 420 g/mol. The van der Waals surface area contributed by atoms with Crippen molar-refractivity contribution in [2.45, 2.75) is 34.8 Å². The van der Waals surface area contributed by atoms with Gasteiger partial charge in [-0.15, -0.1) is 0 Å². The molecule has 0 amide bonds. The van der Waals surface area contributed by atoms with Gasteiger partial charge in [-0.25, -0.2) is 0 Å². The first-order valence-corrected chi connectivity index (χ1v) is 9.49. The Labute approximate surface area is 153 Å². The van der Waals surface area contributed by atoms with Gasteiger partial charge in [0.1, 0.15) is 11.5 Å². The third-order valence-corrected chi connectivity index (χ3v) is 6.32. The van der Waals surface area contributed by atoms with Crippen molar-refractivity contribution in [3.63, 3.8) is 0 Å². The summed E-state index contributed by atoms with van der Waals surface area (Å²) in [5.74, 6) is 1.42. The van der Waals surface area contributed by atoms with Crippen LogP contribution in [0.1, 0.15) is 42.7 Å². The van der Waals surface area contributed by atoms with E-state index in [1.54, 1.807) is 24.3 Å². The molecule has 0 aromatic heterocycles. The molecule has 0 saturated heterocycles. The van der Waals surface area contributed by atoms with Crippen LogP contribution in [0.2, 0.25) is 0 Å². The molecule has 0 unspecified atom stereocenters. The maximum absolute atomic E-state index is 9.58. The molecule has 1 aliphatic rings. The van der Waals surface area contributed by atoms with Crippen LogP contribution in [0.5, 0.6) is 11.5 Å². The monoisotopic (exact) mass is 438 g/mol. The average molecular weight is 440 g/mol. The molecule has 122 valence electrons. The highest BCUT2D eigenvalue weighted by Gasteiger charge is 2.35. The SMILES string of the molecule is Oc1ccc(C(c2ccc(O)cc2)C2CCC(Br)(Br)CC2)cc1. The lowest BCUT2D eigenvalue weighted by atomic mass is 9.73. The van der Waals surface area contributed by atoms with Crippen LogP contribution >= 0.6 is 31.9 Å². The van der Waals surface area contributed by atoms with Crippen molar-refractivity contribution in [3.8, 4) is 11.5 Å². The molecule has 3 rings (SSSR count). The predicted molar refractivity (Wildman–Crippen MR) is 101 cm³/mol. The molecule has 0 bridgehead atoms. The molecule has 0 atom stereocenters. The van der Waals surface area contributed by atoms with Crippen molar-refractivity contribution in [3.05, 3.63) is 59.7 Å². The third kappa shape index (κ3) is 4.10. The Morgan fingerprint density at radius 3 is 1.57 bits per heavy atom. The Balaban J connectivity index is 1.93. The summed E-state index contributed by atoms with van der Waals surface area (Å²) in [4.78, 5) is 0. The van der Waals surface area contributed by atoms with Gasteiger partial charge in [-0.3, -0.25) is 0 Å². The lowest BCUT2D eigenvalue weighted by Gasteiger charge is -2.36. The molecule has 1 fully saturated rings. The summed E-state index contributed by atoms with van der Waals surface area (Å²) in [6.07, 6.45) is 4.43. The Kier molecular flexibility index (Phi) is 5.02. The molecule has 2 aromatic carbocycles. The fourth-order valence-corrected chi connectivity index (χ4v) is 4.41. The number of rotatable bonds is 3. The van der Waals surface area contributed by atoms with E-state index in [4.69, 9.17) is 0 Å². The van der Waals surface area contributed by atoms with Crippen molar-refractivity contribution < 1.29 is 10.2 Å². The first-order valence-electron chi connectivity index (χ1n) is 7.90. The Morgan fingerprint density at radius 1 is 0.783 bits per heavy atom. The summed E-state index contributed by atoms with van der Waals surface area (Å²) >= 11 is 7.50. The van der Waals surface area contributed by atoms with Crippen LogP contribution in [0.15, 0.2) is 48.5 Å². The second kappa shape index (κ2) is 6.86.